The summed E-state index contributed by atoms with van der Waals surface area (Å²) in [4.78, 5) is 11.9. The topological polar surface area (TPSA) is 55.4 Å². The molecular formula is C15H13NO3. The summed E-state index contributed by atoms with van der Waals surface area (Å²) in [6.07, 6.45) is 3.53. The van der Waals surface area contributed by atoms with Gasteiger partial charge >= 0.3 is 0 Å². The molecule has 1 aromatic carbocycles. The lowest BCUT2D eigenvalue weighted by atomic mass is 10.1. The summed E-state index contributed by atoms with van der Waals surface area (Å²) in [7, 11) is 0. The van der Waals surface area contributed by atoms with Gasteiger partial charge in [-0.2, -0.15) is 0 Å². The zero-order valence-corrected chi connectivity index (χ0v) is 10.3. The normalized spacial score (nSPS) is 10.7. The zero-order chi connectivity index (χ0) is 13.1. The molecule has 3 aromatic rings. The highest BCUT2D eigenvalue weighted by molar-refractivity contribution is 5.87. The van der Waals surface area contributed by atoms with Gasteiger partial charge in [0.25, 0.3) is 0 Å². The van der Waals surface area contributed by atoms with Gasteiger partial charge in [0.15, 0.2) is 0 Å². The average Bonchev–Trinajstić information content (AvgIpc) is 3.07. The first-order valence-corrected chi connectivity index (χ1v) is 6.07. The molecule has 19 heavy (non-hydrogen) atoms. The monoisotopic (exact) mass is 255 g/mol. The molecule has 1 N–H and O–H groups in total. The van der Waals surface area contributed by atoms with Crippen LogP contribution in [0.15, 0.2) is 57.8 Å². The summed E-state index contributed by atoms with van der Waals surface area (Å²) >= 11 is 0. The molecule has 0 atom stereocenters. The van der Waals surface area contributed by atoms with Crippen molar-refractivity contribution in [1.82, 2.24) is 5.32 Å². The molecule has 2 heterocycles. The summed E-state index contributed by atoms with van der Waals surface area (Å²) in [5.41, 5.74) is 1.70. The predicted molar refractivity (Wildman–Crippen MR) is 70.5 cm³/mol. The molecule has 3 rings (SSSR count). The fraction of sp³-hybridized carbons (Fsp3) is 0.133. The Kier molecular flexibility index (Phi) is 3.06. The second kappa shape index (κ2) is 5.02. The third kappa shape index (κ3) is 2.52. The lowest BCUT2D eigenvalue weighted by Gasteiger charge is -2.02. The fourth-order valence-corrected chi connectivity index (χ4v) is 2.00. The minimum absolute atomic E-state index is 0.0528. The number of carbonyl (C=O) groups excluding carboxylic acids is 1. The molecule has 4 nitrogen and oxygen atoms in total. The van der Waals surface area contributed by atoms with Gasteiger partial charge < -0.3 is 14.2 Å². The summed E-state index contributed by atoms with van der Waals surface area (Å²) in [5, 5.41) is 3.80. The Balaban J connectivity index is 1.66. The van der Waals surface area contributed by atoms with Gasteiger partial charge in [-0.3, -0.25) is 4.79 Å². The van der Waals surface area contributed by atoms with Crippen molar-refractivity contribution >= 4 is 16.9 Å². The number of benzene rings is 1. The maximum Gasteiger partial charge on any atom is 0.224 e. The Labute approximate surface area is 110 Å². The highest BCUT2D eigenvalue weighted by Crippen LogP contribution is 2.20. The van der Waals surface area contributed by atoms with Crippen LogP contribution in [0.4, 0.5) is 0 Å². The van der Waals surface area contributed by atoms with Crippen LogP contribution in [0.1, 0.15) is 11.3 Å². The van der Waals surface area contributed by atoms with E-state index in [4.69, 9.17) is 8.83 Å². The quantitative estimate of drug-likeness (QED) is 0.779. The van der Waals surface area contributed by atoms with E-state index in [1.807, 2.05) is 30.3 Å². The van der Waals surface area contributed by atoms with Crippen LogP contribution in [-0.4, -0.2) is 5.91 Å². The van der Waals surface area contributed by atoms with Gasteiger partial charge in [0.05, 0.1) is 25.5 Å². The van der Waals surface area contributed by atoms with Crippen LogP contribution in [0.2, 0.25) is 0 Å². The molecule has 4 heteroatoms. The smallest absolute Gasteiger partial charge is 0.224 e. The summed E-state index contributed by atoms with van der Waals surface area (Å²) < 4.78 is 10.6. The third-order valence-corrected chi connectivity index (χ3v) is 2.95. The van der Waals surface area contributed by atoms with Gasteiger partial charge in [-0.05, 0) is 18.2 Å². The summed E-state index contributed by atoms with van der Waals surface area (Å²) in [5.74, 6) is 0.688. The van der Waals surface area contributed by atoms with Crippen molar-refractivity contribution in [1.29, 1.82) is 0 Å². The van der Waals surface area contributed by atoms with E-state index in [-0.39, 0.29) is 5.91 Å². The van der Waals surface area contributed by atoms with E-state index in [0.717, 1.165) is 22.3 Å². The molecule has 0 fully saturated rings. The Morgan fingerprint density at radius 2 is 2.00 bits per heavy atom. The second-order valence-corrected chi connectivity index (χ2v) is 4.29. The van der Waals surface area contributed by atoms with Crippen LogP contribution in [-0.2, 0) is 17.8 Å². The van der Waals surface area contributed by atoms with Gasteiger partial charge in [-0.1, -0.05) is 18.2 Å². The molecule has 96 valence electrons. The van der Waals surface area contributed by atoms with E-state index < -0.39 is 0 Å². The van der Waals surface area contributed by atoms with Gasteiger partial charge in [0, 0.05) is 10.9 Å². The van der Waals surface area contributed by atoms with Crippen LogP contribution in [0.25, 0.3) is 11.0 Å². The largest absolute Gasteiger partial charge is 0.467 e. The van der Waals surface area contributed by atoms with Gasteiger partial charge in [0.2, 0.25) is 5.91 Å². The summed E-state index contributed by atoms with van der Waals surface area (Å²) in [6, 6.07) is 11.3. The van der Waals surface area contributed by atoms with Crippen molar-refractivity contribution in [2.45, 2.75) is 13.0 Å². The number of hydrogen-bond acceptors (Lipinski definition) is 3. The molecule has 0 saturated heterocycles. The van der Waals surface area contributed by atoms with Gasteiger partial charge in [-0.15, -0.1) is 0 Å². The predicted octanol–water partition coefficient (Wildman–Crippen LogP) is 2.88. The lowest BCUT2D eigenvalue weighted by Crippen LogP contribution is -2.24. The highest BCUT2D eigenvalue weighted by Gasteiger charge is 2.10. The van der Waals surface area contributed by atoms with Crippen LogP contribution < -0.4 is 5.32 Å². The Bertz CT molecular complexity index is 682. The zero-order valence-electron chi connectivity index (χ0n) is 10.3. The number of para-hydroxylation sites is 1. The molecule has 2 aromatic heterocycles. The number of fused-ring (bicyclic) bond motifs is 1. The number of furan rings is 2. The van der Waals surface area contributed by atoms with Crippen LogP contribution in [0.5, 0.6) is 0 Å². The molecule has 0 radical (unpaired) electrons. The average molecular weight is 255 g/mol. The minimum Gasteiger partial charge on any atom is -0.467 e. The van der Waals surface area contributed by atoms with Crippen molar-refractivity contribution in [3.8, 4) is 0 Å². The van der Waals surface area contributed by atoms with E-state index in [1.165, 1.54) is 0 Å². The van der Waals surface area contributed by atoms with Crippen LogP contribution in [0.3, 0.4) is 0 Å². The Morgan fingerprint density at radius 3 is 2.84 bits per heavy atom. The Morgan fingerprint density at radius 1 is 1.11 bits per heavy atom. The van der Waals surface area contributed by atoms with E-state index in [1.54, 1.807) is 18.6 Å². The minimum atomic E-state index is -0.0528. The number of carbonyl (C=O) groups is 1. The van der Waals surface area contributed by atoms with E-state index in [2.05, 4.69) is 5.32 Å². The van der Waals surface area contributed by atoms with Crippen LogP contribution >= 0.6 is 0 Å². The molecule has 0 bridgehead atoms. The lowest BCUT2D eigenvalue weighted by molar-refractivity contribution is -0.120. The Hall–Kier alpha value is -2.49. The number of hydrogen-bond donors (Lipinski definition) is 1. The summed E-state index contributed by atoms with van der Waals surface area (Å²) in [6.45, 7) is 0.404. The van der Waals surface area contributed by atoms with Crippen molar-refractivity contribution < 1.29 is 13.6 Å². The van der Waals surface area contributed by atoms with Crippen molar-refractivity contribution in [2.75, 3.05) is 0 Å². The first kappa shape index (κ1) is 11.6. The second-order valence-electron chi connectivity index (χ2n) is 4.29. The third-order valence-electron chi connectivity index (χ3n) is 2.95. The molecule has 0 aliphatic rings. The van der Waals surface area contributed by atoms with E-state index >= 15 is 0 Å². The van der Waals surface area contributed by atoms with E-state index in [0.29, 0.717) is 13.0 Å². The van der Waals surface area contributed by atoms with Gasteiger partial charge in [0.1, 0.15) is 11.3 Å². The highest BCUT2D eigenvalue weighted by atomic mass is 16.3. The number of rotatable bonds is 4. The van der Waals surface area contributed by atoms with E-state index in [9.17, 15) is 4.79 Å². The standard InChI is InChI=1S/C15H13NO3/c17-15(16-9-12-4-3-7-18-12)8-11-10-19-14-6-2-1-5-13(11)14/h1-7,10H,8-9H2,(H,16,17). The SMILES string of the molecule is O=C(Cc1coc2ccccc12)NCc1ccco1. The molecule has 0 saturated carbocycles. The number of nitrogens with one attached hydrogen (secondary N) is 1. The maximum absolute atomic E-state index is 11.9. The van der Waals surface area contributed by atoms with Crippen molar-refractivity contribution in [2.24, 2.45) is 0 Å². The van der Waals surface area contributed by atoms with Crippen LogP contribution in [0, 0.1) is 0 Å². The molecular weight excluding hydrogens is 242 g/mol. The number of amides is 1. The molecule has 0 aliphatic carbocycles. The molecule has 0 aliphatic heterocycles. The first-order chi connectivity index (χ1) is 9.33. The van der Waals surface area contributed by atoms with Crippen molar-refractivity contribution in [3.63, 3.8) is 0 Å². The molecule has 0 unspecified atom stereocenters. The maximum atomic E-state index is 11.9. The molecule has 0 spiro atoms. The molecule has 1 amide bonds. The first-order valence-electron chi connectivity index (χ1n) is 6.07. The van der Waals surface area contributed by atoms with Gasteiger partial charge in [-0.25, -0.2) is 0 Å². The van der Waals surface area contributed by atoms with Crippen molar-refractivity contribution in [3.05, 3.63) is 60.2 Å². The fourth-order valence-electron chi connectivity index (χ4n) is 2.00.